The maximum atomic E-state index is 12.9. The Balaban J connectivity index is 1.59. The molecule has 36 heavy (non-hydrogen) atoms. The van der Waals surface area contributed by atoms with Crippen LogP contribution in [-0.2, 0) is 17.4 Å². The standard InChI is InChI=1S/C24H20BrF3N4O3S/c1-3-8-35-22-19(25)9-15(10-20(22)34-4-2)13-29-32-21(33)12-18-14-36-23(31-18)30-17-7-5-6-16(11-17)24(26,27)28/h1,5-7,9-11,13-14H,4,8,12H2,2H3,(H,30,31)(H,32,33)/b29-13-. The fraction of sp³-hybridized carbons (Fsp3) is 0.208. The average molecular weight is 581 g/mol. The Morgan fingerprint density at radius 3 is 2.83 bits per heavy atom. The van der Waals surface area contributed by atoms with Crippen LogP contribution >= 0.6 is 27.3 Å². The van der Waals surface area contributed by atoms with E-state index in [-0.39, 0.29) is 18.7 Å². The molecule has 1 amide bonds. The third-order valence-electron chi connectivity index (χ3n) is 4.37. The van der Waals surface area contributed by atoms with Gasteiger partial charge < -0.3 is 14.8 Å². The Bertz CT molecular complexity index is 1290. The number of ether oxygens (including phenoxy) is 2. The van der Waals surface area contributed by atoms with Gasteiger partial charge >= 0.3 is 6.18 Å². The molecular weight excluding hydrogens is 561 g/mol. The Hall–Kier alpha value is -3.56. The normalized spacial score (nSPS) is 11.2. The number of hydrogen-bond donors (Lipinski definition) is 2. The van der Waals surface area contributed by atoms with Crippen LogP contribution in [0, 0.1) is 12.3 Å². The highest BCUT2D eigenvalue weighted by Gasteiger charge is 2.30. The van der Waals surface area contributed by atoms with Crippen LogP contribution in [0.3, 0.4) is 0 Å². The zero-order valence-electron chi connectivity index (χ0n) is 18.9. The smallest absolute Gasteiger partial charge is 0.416 e. The molecule has 2 N–H and O–H groups in total. The molecule has 0 spiro atoms. The minimum Gasteiger partial charge on any atom is -0.490 e. The summed E-state index contributed by atoms with van der Waals surface area (Å²) in [6, 6.07) is 8.21. The average Bonchev–Trinajstić information content (AvgIpc) is 3.25. The summed E-state index contributed by atoms with van der Waals surface area (Å²) in [5.74, 6) is 2.91. The number of aromatic nitrogens is 1. The number of nitrogens with zero attached hydrogens (tertiary/aromatic N) is 2. The van der Waals surface area contributed by atoms with E-state index >= 15 is 0 Å². The van der Waals surface area contributed by atoms with Gasteiger partial charge in [-0.1, -0.05) is 12.0 Å². The number of alkyl halides is 3. The van der Waals surface area contributed by atoms with Crippen LogP contribution in [0.25, 0.3) is 0 Å². The van der Waals surface area contributed by atoms with Gasteiger partial charge in [0, 0.05) is 11.1 Å². The summed E-state index contributed by atoms with van der Waals surface area (Å²) in [5, 5.41) is 8.78. The fourth-order valence-electron chi connectivity index (χ4n) is 2.90. The number of thiazole rings is 1. The highest BCUT2D eigenvalue weighted by molar-refractivity contribution is 9.10. The monoisotopic (exact) mass is 580 g/mol. The Morgan fingerprint density at radius 1 is 1.31 bits per heavy atom. The second-order valence-electron chi connectivity index (χ2n) is 7.07. The SMILES string of the molecule is C#CCOc1c(Br)cc(/C=N\NC(=O)Cc2csc(Nc3cccc(C(F)(F)F)c3)n2)cc1OCC. The zero-order chi connectivity index (χ0) is 26.1. The van der Waals surface area contributed by atoms with Gasteiger partial charge in [-0.25, -0.2) is 10.4 Å². The molecule has 1 heterocycles. The third kappa shape index (κ3) is 7.73. The lowest BCUT2D eigenvalue weighted by molar-refractivity contribution is -0.137. The molecule has 188 valence electrons. The topological polar surface area (TPSA) is 84.8 Å². The number of carbonyl (C=O) groups excluding carboxylic acids is 1. The molecule has 0 saturated heterocycles. The summed E-state index contributed by atoms with van der Waals surface area (Å²) >= 11 is 4.58. The van der Waals surface area contributed by atoms with Crippen molar-refractivity contribution < 1.29 is 27.4 Å². The Morgan fingerprint density at radius 2 is 2.11 bits per heavy atom. The molecule has 1 aromatic heterocycles. The molecule has 7 nitrogen and oxygen atoms in total. The van der Waals surface area contributed by atoms with E-state index in [1.807, 2.05) is 6.92 Å². The molecule has 0 bridgehead atoms. The summed E-state index contributed by atoms with van der Waals surface area (Å²) < 4.78 is 50.4. The first-order valence-corrected chi connectivity index (χ1v) is 12.1. The highest BCUT2D eigenvalue weighted by Crippen LogP contribution is 2.36. The molecule has 0 fully saturated rings. The van der Waals surface area contributed by atoms with Gasteiger partial charge in [-0.15, -0.1) is 17.8 Å². The molecule has 0 unspecified atom stereocenters. The molecule has 0 aliphatic heterocycles. The zero-order valence-corrected chi connectivity index (χ0v) is 21.3. The molecule has 3 rings (SSSR count). The minimum atomic E-state index is -4.44. The van der Waals surface area contributed by atoms with Gasteiger partial charge in [0.05, 0.1) is 35.0 Å². The van der Waals surface area contributed by atoms with Crippen molar-refractivity contribution in [2.75, 3.05) is 18.5 Å². The quantitative estimate of drug-likeness (QED) is 0.181. The van der Waals surface area contributed by atoms with Crippen LogP contribution in [0.15, 0.2) is 51.4 Å². The van der Waals surface area contributed by atoms with Gasteiger partial charge in [0.2, 0.25) is 5.91 Å². The maximum Gasteiger partial charge on any atom is 0.416 e. The van der Waals surface area contributed by atoms with Gasteiger partial charge in [0.1, 0.15) is 6.61 Å². The van der Waals surface area contributed by atoms with Crippen molar-refractivity contribution in [3.8, 4) is 23.8 Å². The number of rotatable bonds is 10. The van der Waals surface area contributed by atoms with E-state index < -0.39 is 17.6 Å². The van der Waals surface area contributed by atoms with Crippen molar-refractivity contribution in [1.82, 2.24) is 10.4 Å². The molecule has 2 aromatic carbocycles. The Labute approximate surface area is 217 Å². The van der Waals surface area contributed by atoms with Crippen LogP contribution < -0.4 is 20.2 Å². The summed E-state index contributed by atoms with van der Waals surface area (Å²) in [7, 11) is 0. The molecule has 0 aliphatic carbocycles. The van der Waals surface area contributed by atoms with Crippen molar-refractivity contribution in [3.63, 3.8) is 0 Å². The predicted octanol–water partition coefficient (Wildman–Crippen LogP) is 5.77. The molecule has 12 heteroatoms. The largest absolute Gasteiger partial charge is 0.490 e. The number of hydrogen-bond acceptors (Lipinski definition) is 7. The molecule has 0 atom stereocenters. The Kier molecular flexibility index (Phi) is 9.32. The van der Waals surface area contributed by atoms with Gasteiger partial charge in [0.25, 0.3) is 0 Å². The maximum absolute atomic E-state index is 12.9. The van der Waals surface area contributed by atoms with E-state index in [1.165, 1.54) is 29.7 Å². The second-order valence-corrected chi connectivity index (χ2v) is 8.79. The first-order chi connectivity index (χ1) is 17.2. The third-order valence-corrected chi connectivity index (χ3v) is 5.76. The number of benzene rings is 2. The summed E-state index contributed by atoms with van der Waals surface area (Å²) in [6.45, 7) is 2.32. The van der Waals surface area contributed by atoms with Crippen LogP contribution in [0.2, 0.25) is 0 Å². The first-order valence-electron chi connectivity index (χ1n) is 10.4. The number of anilines is 2. The predicted molar refractivity (Wildman–Crippen MR) is 136 cm³/mol. The van der Waals surface area contributed by atoms with Gasteiger partial charge in [0.15, 0.2) is 16.6 Å². The van der Waals surface area contributed by atoms with Gasteiger partial charge in [-0.2, -0.15) is 18.3 Å². The molecule has 3 aromatic rings. The minimum absolute atomic E-state index is 0.0646. The van der Waals surface area contributed by atoms with Crippen LogP contribution in [0.5, 0.6) is 11.5 Å². The van der Waals surface area contributed by atoms with Crippen molar-refractivity contribution >= 4 is 50.2 Å². The van der Waals surface area contributed by atoms with E-state index in [2.05, 4.69) is 42.7 Å². The molecule has 0 saturated carbocycles. The number of hydrazone groups is 1. The van der Waals surface area contributed by atoms with Crippen LogP contribution in [0.4, 0.5) is 24.0 Å². The first kappa shape index (κ1) is 27.0. The molecule has 0 aliphatic rings. The lowest BCUT2D eigenvalue weighted by Crippen LogP contribution is -2.20. The highest BCUT2D eigenvalue weighted by atomic mass is 79.9. The molecule has 0 radical (unpaired) electrons. The fourth-order valence-corrected chi connectivity index (χ4v) is 4.21. The van der Waals surface area contributed by atoms with Crippen molar-refractivity contribution in [1.29, 1.82) is 0 Å². The number of nitrogens with one attached hydrogen (secondary N) is 2. The lowest BCUT2D eigenvalue weighted by atomic mass is 10.2. The van der Waals surface area contributed by atoms with Crippen LogP contribution in [-0.4, -0.2) is 30.3 Å². The summed E-state index contributed by atoms with van der Waals surface area (Å²) in [5.41, 5.74) is 2.98. The van der Waals surface area contributed by atoms with E-state index in [9.17, 15) is 18.0 Å². The number of terminal acetylenes is 1. The molecular formula is C24H20BrF3N4O3S. The van der Waals surface area contributed by atoms with Crippen molar-refractivity contribution in [3.05, 3.63) is 63.1 Å². The van der Waals surface area contributed by atoms with E-state index in [1.54, 1.807) is 17.5 Å². The number of amides is 1. The number of carbonyl (C=O) groups is 1. The van der Waals surface area contributed by atoms with Crippen molar-refractivity contribution in [2.45, 2.75) is 19.5 Å². The van der Waals surface area contributed by atoms with E-state index in [0.29, 0.717) is 39.0 Å². The van der Waals surface area contributed by atoms with Crippen molar-refractivity contribution in [2.24, 2.45) is 5.10 Å². The second kappa shape index (κ2) is 12.4. The summed E-state index contributed by atoms with van der Waals surface area (Å²) in [4.78, 5) is 16.5. The van der Waals surface area contributed by atoms with Gasteiger partial charge in [-0.3, -0.25) is 4.79 Å². The number of halogens is 4. The van der Waals surface area contributed by atoms with Gasteiger partial charge in [-0.05, 0) is 58.7 Å². The van der Waals surface area contributed by atoms with E-state index in [0.717, 1.165) is 12.1 Å². The summed E-state index contributed by atoms with van der Waals surface area (Å²) in [6.07, 6.45) is 2.18. The van der Waals surface area contributed by atoms with E-state index in [4.69, 9.17) is 15.9 Å². The van der Waals surface area contributed by atoms with Crippen LogP contribution in [0.1, 0.15) is 23.7 Å². The lowest BCUT2D eigenvalue weighted by Gasteiger charge is -2.13.